The normalized spacial score (nSPS) is 20.4. The van der Waals surface area contributed by atoms with Crippen LogP contribution in [0.5, 0.6) is 0 Å². The molecule has 0 atom stereocenters. The van der Waals surface area contributed by atoms with Gasteiger partial charge in [-0.15, -0.1) is 11.3 Å². The van der Waals surface area contributed by atoms with Crippen LogP contribution in [0.4, 0.5) is 5.82 Å². The second-order valence-electron chi connectivity index (χ2n) is 6.78. The van der Waals surface area contributed by atoms with Gasteiger partial charge in [0.15, 0.2) is 0 Å². The standard InChI is InChI=1S/C17H24N4O3S2/c1-13-15(26(22,23)21-8-10-24-11-9-21)14-16(18-12-19-17(14)25-13)20-6-4-2-3-5-7-20/h12H,2-11H2,1H3. The lowest BCUT2D eigenvalue weighted by atomic mass is 10.2. The quantitative estimate of drug-likeness (QED) is 0.793. The third-order valence-corrected chi connectivity index (χ3v) is 8.28. The van der Waals surface area contributed by atoms with Crippen molar-refractivity contribution in [3.63, 3.8) is 0 Å². The van der Waals surface area contributed by atoms with E-state index in [1.807, 2.05) is 6.92 Å². The fourth-order valence-corrected chi connectivity index (χ4v) is 6.84. The van der Waals surface area contributed by atoms with Crippen molar-refractivity contribution < 1.29 is 13.2 Å². The number of hydrogen-bond acceptors (Lipinski definition) is 7. The molecule has 26 heavy (non-hydrogen) atoms. The first kappa shape index (κ1) is 18.1. The van der Waals surface area contributed by atoms with E-state index in [0.717, 1.165) is 41.5 Å². The van der Waals surface area contributed by atoms with Crippen LogP contribution in [-0.2, 0) is 14.8 Å². The minimum absolute atomic E-state index is 0.388. The maximum Gasteiger partial charge on any atom is 0.245 e. The molecule has 2 aliphatic rings. The zero-order valence-electron chi connectivity index (χ0n) is 15.0. The molecular formula is C17H24N4O3S2. The summed E-state index contributed by atoms with van der Waals surface area (Å²) in [5.41, 5.74) is 0. The Kier molecular flexibility index (Phi) is 5.13. The van der Waals surface area contributed by atoms with Crippen molar-refractivity contribution in [3.8, 4) is 0 Å². The smallest absolute Gasteiger partial charge is 0.245 e. The van der Waals surface area contributed by atoms with Gasteiger partial charge in [-0.05, 0) is 19.8 Å². The third-order valence-electron chi connectivity index (χ3n) is 5.06. The van der Waals surface area contributed by atoms with Crippen LogP contribution in [0.25, 0.3) is 10.2 Å². The number of aromatic nitrogens is 2. The molecule has 4 heterocycles. The number of rotatable bonds is 3. The molecule has 2 saturated heterocycles. The molecule has 2 aromatic rings. The van der Waals surface area contributed by atoms with Gasteiger partial charge in [-0.3, -0.25) is 0 Å². The molecule has 142 valence electrons. The molecule has 0 bridgehead atoms. The van der Waals surface area contributed by atoms with E-state index >= 15 is 0 Å². The Morgan fingerprint density at radius 2 is 1.73 bits per heavy atom. The van der Waals surface area contributed by atoms with Gasteiger partial charge < -0.3 is 9.64 Å². The first-order valence-corrected chi connectivity index (χ1v) is 11.4. The van der Waals surface area contributed by atoms with Gasteiger partial charge in [0.1, 0.15) is 21.9 Å². The van der Waals surface area contributed by atoms with Crippen LogP contribution in [0.3, 0.4) is 0 Å². The zero-order chi connectivity index (χ0) is 18.1. The van der Waals surface area contributed by atoms with Gasteiger partial charge in [-0.25, -0.2) is 18.4 Å². The molecule has 0 spiro atoms. The molecule has 0 saturated carbocycles. The summed E-state index contributed by atoms with van der Waals surface area (Å²) >= 11 is 1.44. The van der Waals surface area contributed by atoms with Crippen LogP contribution in [0.1, 0.15) is 30.6 Å². The second-order valence-corrected chi connectivity index (χ2v) is 9.86. The number of anilines is 1. The summed E-state index contributed by atoms with van der Waals surface area (Å²) in [6.45, 7) is 5.37. The second kappa shape index (κ2) is 7.38. The topological polar surface area (TPSA) is 75.6 Å². The Hall–Kier alpha value is -1.29. The molecule has 2 fully saturated rings. The molecule has 0 amide bonds. The molecule has 0 radical (unpaired) electrons. The minimum atomic E-state index is -3.59. The number of sulfonamides is 1. The molecule has 0 aliphatic carbocycles. The molecule has 7 nitrogen and oxygen atoms in total. The van der Waals surface area contributed by atoms with Gasteiger partial charge in [0.2, 0.25) is 10.0 Å². The lowest BCUT2D eigenvalue weighted by Crippen LogP contribution is -2.40. The highest BCUT2D eigenvalue weighted by atomic mass is 32.2. The van der Waals surface area contributed by atoms with Gasteiger partial charge in [0.05, 0.1) is 18.6 Å². The fraction of sp³-hybridized carbons (Fsp3) is 0.647. The summed E-state index contributed by atoms with van der Waals surface area (Å²) in [5, 5.41) is 0.698. The molecule has 0 unspecified atom stereocenters. The molecule has 2 aliphatic heterocycles. The number of aryl methyl sites for hydroxylation is 1. The highest BCUT2D eigenvalue weighted by molar-refractivity contribution is 7.89. The zero-order valence-corrected chi connectivity index (χ0v) is 16.6. The lowest BCUT2D eigenvalue weighted by Gasteiger charge is -2.27. The van der Waals surface area contributed by atoms with Crippen molar-refractivity contribution in [1.82, 2.24) is 14.3 Å². The largest absolute Gasteiger partial charge is 0.379 e. The third kappa shape index (κ3) is 3.21. The van der Waals surface area contributed by atoms with Crippen LogP contribution in [0, 0.1) is 6.92 Å². The summed E-state index contributed by atoms with van der Waals surface area (Å²) in [6, 6.07) is 0. The van der Waals surface area contributed by atoms with E-state index in [0.29, 0.717) is 36.6 Å². The van der Waals surface area contributed by atoms with Crippen molar-refractivity contribution in [2.24, 2.45) is 0 Å². The molecule has 4 rings (SSSR count). The molecule has 0 N–H and O–H groups in total. The van der Waals surface area contributed by atoms with E-state index in [1.54, 1.807) is 6.33 Å². The van der Waals surface area contributed by atoms with Gasteiger partial charge in [0, 0.05) is 31.1 Å². The van der Waals surface area contributed by atoms with Crippen LogP contribution < -0.4 is 4.90 Å². The number of ether oxygens (including phenoxy) is 1. The monoisotopic (exact) mass is 396 g/mol. The number of morpholine rings is 1. The summed E-state index contributed by atoms with van der Waals surface area (Å²) < 4.78 is 33.6. The van der Waals surface area contributed by atoms with Crippen LogP contribution in [-0.4, -0.2) is 62.1 Å². The van der Waals surface area contributed by atoms with Gasteiger partial charge in [0.25, 0.3) is 0 Å². The number of hydrogen-bond donors (Lipinski definition) is 0. The van der Waals surface area contributed by atoms with E-state index in [1.165, 1.54) is 28.5 Å². The average molecular weight is 397 g/mol. The lowest BCUT2D eigenvalue weighted by molar-refractivity contribution is 0.0730. The van der Waals surface area contributed by atoms with Crippen molar-refractivity contribution >= 4 is 37.4 Å². The van der Waals surface area contributed by atoms with Crippen molar-refractivity contribution in [2.75, 3.05) is 44.3 Å². The van der Waals surface area contributed by atoms with E-state index in [2.05, 4.69) is 14.9 Å². The Morgan fingerprint density at radius 1 is 1.04 bits per heavy atom. The summed E-state index contributed by atoms with van der Waals surface area (Å²) in [4.78, 5) is 13.1. The maximum atomic E-state index is 13.4. The Morgan fingerprint density at radius 3 is 2.42 bits per heavy atom. The minimum Gasteiger partial charge on any atom is -0.379 e. The summed E-state index contributed by atoms with van der Waals surface area (Å²) in [7, 11) is -3.59. The molecular weight excluding hydrogens is 372 g/mol. The van der Waals surface area contributed by atoms with Gasteiger partial charge in [-0.1, -0.05) is 12.8 Å². The molecule has 0 aromatic carbocycles. The average Bonchev–Trinajstić information content (AvgIpc) is 2.82. The Bertz CT molecular complexity index is 883. The Balaban J connectivity index is 1.85. The predicted molar refractivity (Wildman–Crippen MR) is 102 cm³/mol. The van der Waals surface area contributed by atoms with Crippen molar-refractivity contribution in [1.29, 1.82) is 0 Å². The van der Waals surface area contributed by atoms with Gasteiger partial charge in [-0.2, -0.15) is 4.31 Å². The van der Waals surface area contributed by atoms with Crippen molar-refractivity contribution in [2.45, 2.75) is 37.5 Å². The first-order valence-electron chi connectivity index (χ1n) is 9.16. The first-order chi connectivity index (χ1) is 12.6. The Labute approximate surface area is 158 Å². The van der Waals surface area contributed by atoms with Gasteiger partial charge >= 0.3 is 0 Å². The van der Waals surface area contributed by atoms with Crippen LogP contribution in [0.15, 0.2) is 11.2 Å². The van der Waals surface area contributed by atoms with Crippen LogP contribution >= 0.6 is 11.3 Å². The fourth-order valence-electron chi connectivity index (χ4n) is 3.75. The number of nitrogens with zero attached hydrogens (tertiary/aromatic N) is 4. The van der Waals surface area contributed by atoms with E-state index < -0.39 is 10.0 Å². The highest BCUT2D eigenvalue weighted by Gasteiger charge is 2.33. The highest BCUT2D eigenvalue weighted by Crippen LogP contribution is 2.39. The van der Waals surface area contributed by atoms with E-state index in [9.17, 15) is 8.42 Å². The molecule has 2 aromatic heterocycles. The van der Waals surface area contributed by atoms with Crippen molar-refractivity contribution in [3.05, 3.63) is 11.2 Å². The summed E-state index contributed by atoms with van der Waals surface area (Å²) in [5.74, 6) is 0.771. The number of thiophene rings is 1. The van der Waals surface area contributed by atoms with Crippen LogP contribution in [0.2, 0.25) is 0 Å². The summed E-state index contributed by atoms with van der Waals surface area (Å²) in [6.07, 6.45) is 6.21. The molecule has 9 heteroatoms. The SMILES string of the molecule is Cc1sc2ncnc(N3CCCCCC3)c2c1S(=O)(=O)N1CCOCC1. The van der Waals surface area contributed by atoms with E-state index in [4.69, 9.17) is 4.74 Å². The maximum absolute atomic E-state index is 13.4. The van der Waals surface area contributed by atoms with E-state index in [-0.39, 0.29) is 0 Å². The predicted octanol–water partition coefficient (Wildman–Crippen LogP) is 2.40. The number of fused-ring (bicyclic) bond motifs is 1.